The van der Waals surface area contributed by atoms with E-state index in [-0.39, 0.29) is 18.1 Å². The molecule has 1 aliphatic heterocycles. The van der Waals surface area contributed by atoms with Gasteiger partial charge in [0.25, 0.3) is 0 Å². The van der Waals surface area contributed by atoms with Gasteiger partial charge in [-0.1, -0.05) is 29.8 Å². The molecule has 4 nitrogen and oxygen atoms in total. The Morgan fingerprint density at radius 2 is 2.21 bits per heavy atom. The Morgan fingerprint density at radius 3 is 2.89 bits per heavy atom. The summed E-state index contributed by atoms with van der Waals surface area (Å²) in [6.07, 6.45) is 0.735. The molecule has 0 spiro atoms. The van der Waals surface area contributed by atoms with Crippen molar-refractivity contribution in [2.45, 2.75) is 25.5 Å². The molecule has 1 amide bonds. The van der Waals surface area contributed by atoms with Crippen LogP contribution in [0.15, 0.2) is 24.3 Å². The second-order valence-electron chi connectivity index (χ2n) is 5.12. The van der Waals surface area contributed by atoms with Gasteiger partial charge in [-0.05, 0) is 31.5 Å². The monoisotopic (exact) mass is 282 g/mol. The fourth-order valence-corrected chi connectivity index (χ4v) is 2.49. The van der Waals surface area contributed by atoms with E-state index in [1.807, 2.05) is 31.2 Å². The number of nitrogens with two attached hydrogens (primary N) is 1. The van der Waals surface area contributed by atoms with Gasteiger partial charge < -0.3 is 15.4 Å². The van der Waals surface area contributed by atoms with Crippen LogP contribution in [0.1, 0.15) is 18.9 Å². The van der Waals surface area contributed by atoms with Crippen LogP contribution in [0.5, 0.6) is 0 Å². The van der Waals surface area contributed by atoms with E-state index in [9.17, 15) is 4.79 Å². The molecule has 1 fully saturated rings. The number of halogens is 1. The lowest BCUT2D eigenvalue weighted by molar-refractivity contribution is -0.162. The minimum absolute atomic E-state index is 0.00517. The molecular weight excluding hydrogens is 264 g/mol. The van der Waals surface area contributed by atoms with Crippen molar-refractivity contribution in [1.29, 1.82) is 0 Å². The summed E-state index contributed by atoms with van der Waals surface area (Å²) in [5.74, 6) is -0.00517. The zero-order valence-electron chi connectivity index (χ0n) is 11.1. The molecule has 0 aliphatic carbocycles. The van der Waals surface area contributed by atoms with Crippen LogP contribution in [0.3, 0.4) is 0 Å². The first-order valence-electron chi connectivity index (χ1n) is 6.39. The number of benzene rings is 1. The number of hydrogen-bond acceptors (Lipinski definition) is 3. The Kier molecular flexibility index (Phi) is 4.45. The SMILES string of the molecule is CC1(CCN)CN(Cc2ccccc2Cl)C(=O)CO1. The van der Waals surface area contributed by atoms with Crippen molar-refractivity contribution in [3.05, 3.63) is 34.9 Å². The fourth-order valence-electron chi connectivity index (χ4n) is 2.30. The predicted molar refractivity (Wildman–Crippen MR) is 74.9 cm³/mol. The summed E-state index contributed by atoms with van der Waals surface area (Å²) in [7, 11) is 0. The highest BCUT2D eigenvalue weighted by atomic mass is 35.5. The first kappa shape index (κ1) is 14.3. The van der Waals surface area contributed by atoms with Gasteiger partial charge in [0.05, 0.1) is 5.60 Å². The minimum Gasteiger partial charge on any atom is -0.364 e. The van der Waals surface area contributed by atoms with Gasteiger partial charge in [0.15, 0.2) is 0 Å². The highest BCUT2D eigenvalue weighted by Crippen LogP contribution is 2.24. The fraction of sp³-hybridized carbons (Fsp3) is 0.500. The first-order valence-corrected chi connectivity index (χ1v) is 6.77. The van der Waals surface area contributed by atoms with Crippen molar-refractivity contribution in [2.24, 2.45) is 5.73 Å². The van der Waals surface area contributed by atoms with Crippen LogP contribution in [0.25, 0.3) is 0 Å². The second kappa shape index (κ2) is 5.90. The molecule has 1 unspecified atom stereocenters. The largest absolute Gasteiger partial charge is 0.364 e. The number of hydrogen-bond donors (Lipinski definition) is 1. The molecule has 0 saturated carbocycles. The molecule has 1 atom stereocenters. The quantitative estimate of drug-likeness (QED) is 0.916. The van der Waals surface area contributed by atoms with Gasteiger partial charge in [0, 0.05) is 18.1 Å². The average Bonchev–Trinajstić information content (AvgIpc) is 2.37. The van der Waals surface area contributed by atoms with E-state index in [0.29, 0.717) is 24.7 Å². The molecule has 0 bridgehead atoms. The maximum Gasteiger partial charge on any atom is 0.248 e. The van der Waals surface area contributed by atoms with Crippen molar-refractivity contribution in [1.82, 2.24) is 4.90 Å². The minimum atomic E-state index is -0.357. The summed E-state index contributed by atoms with van der Waals surface area (Å²) in [4.78, 5) is 13.7. The number of carbonyl (C=O) groups is 1. The first-order chi connectivity index (χ1) is 9.04. The van der Waals surface area contributed by atoms with E-state index in [1.54, 1.807) is 4.90 Å². The molecule has 2 rings (SSSR count). The van der Waals surface area contributed by atoms with Crippen LogP contribution in [-0.4, -0.2) is 36.1 Å². The van der Waals surface area contributed by atoms with Gasteiger partial charge in [-0.2, -0.15) is 0 Å². The lowest BCUT2D eigenvalue weighted by Crippen LogP contribution is -2.53. The highest BCUT2D eigenvalue weighted by molar-refractivity contribution is 6.31. The lowest BCUT2D eigenvalue weighted by atomic mass is 9.99. The van der Waals surface area contributed by atoms with Gasteiger partial charge in [-0.15, -0.1) is 0 Å². The van der Waals surface area contributed by atoms with Gasteiger partial charge >= 0.3 is 0 Å². The maximum atomic E-state index is 11.9. The van der Waals surface area contributed by atoms with Gasteiger partial charge in [-0.25, -0.2) is 0 Å². The Balaban J connectivity index is 2.10. The molecule has 0 aromatic heterocycles. The predicted octanol–water partition coefficient (Wildman–Crippen LogP) is 1.81. The Morgan fingerprint density at radius 1 is 1.47 bits per heavy atom. The number of nitrogens with zero attached hydrogens (tertiary/aromatic N) is 1. The number of morpholine rings is 1. The third kappa shape index (κ3) is 3.47. The molecule has 1 aromatic carbocycles. The Bertz CT molecular complexity index is 467. The summed E-state index contributed by atoms with van der Waals surface area (Å²) < 4.78 is 5.61. The van der Waals surface area contributed by atoms with Crippen molar-refractivity contribution in [3.63, 3.8) is 0 Å². The molecule has 19 heavy (non-hydrogen) atoms. The van der Waals surface area contributed by atoms with Crippen LogP contribution < -0.4 is 5.73 Å². The average molecular weight is 283 g/mol. The van der Waals surface area contributed by atoms with Crippen molar-refractivity contribution in [2.75, 3.05) is 19.7 Å². The molecule has 1 heterocycles. The second-order valence-corrected chi connectivity index (χ2v) is 5.53. The summed E-state index contributed by atoms with van der Waals surface area (Å²) >= 11 is 6.13. The zero-order valence-corrected chi connectivity index (χ0v) is 11.8. The summed E-state index contributed by atoms with van der Waals surface area (Å²) in [5, 5.41) is 0.683. The van der Waals surface area contributed by atoms with Crippen LogP contribution in [-0.2, 0) is 16.1 Å². The van der Waals surface area contributed by atoms with Gasteiger partial charge in [0.1, 0.15) is 6.61 Å². The van der Waals surface area contributed by atoms with E-state index >= 15 is 0 Å². The standard InChI is InChI=1S/C14H19ClN2O2/c1-14(6-7-16)10-17(13(18)9-19-14)8-11-4-2-3-5-12(11)15/h2-5H,6-10,16H2,1H3. The molecule has 0 radical (unpaired) electrons. The third-order valence-corrected chi connectivity index (χ3v) is 3.78. The van der Waals surface area contributed by atoms with Crippen molar-refractivity contribution < 1.29 is 9.53 Å². The summed E-state index contributed by atoms with van der Waals surface area (Å²) in [6.45, 7) is 3.72. The van der Waals surface area contributed by atoms with Crippen LogP contribution in [0.2, 0.25) is 5.02 Å². The third-order valence-electron chi connectivity index (χ3n) is 3.41. The van der Waals surface area contributed by atoms with E-state index in [4.69, 9.17) is 22.1 Å². The zero-order chi connectivity index (χ0) is 13.9. The van der Waals surface area contributed by atoms with Gasteiger partial charge in [-0.3, -0.25) is 4.79 Å². The smallest absolute Gasteiger partial charge is 0.248 e. The number of ether oxygens (including phenoxy) is 1. The highest BCUT2D eigenvalue weighted by Gasteiger charge is 2.35. The summed E-state index contributed by atoms with van der Waals surface area (Å²) in [5.41, 5.74) is 6.19. The molecule has 1 aromatic rings. The van der Waals surface area contributed by atoms with E-state index < -0.39 is 0 Å². The number of rotatable bonds is 4. The van der Waals surface area contributed by atoms with Crippen LogP contribution in [0, 0.1) is 0 Å². The van der Waals surface area contributed by atoms with Crippen molar-refractivity contribution >= 4 is 17.5 Å². The molecule has 2 N–H and O–H groups in total. The molecule has 1 aliphatic rings. The topological polar surface area (TPSA) is 55.6 Å². The summed E-state index contributed by atoms with van der Waals surface area (Å²) in [6, 6.07) is 7.57. The number of carbonyl (C=O) groups excluding carboxylic acids is 1. The van der Waals surface area contributed by atoms with Crippen LogP contribution >= 0.6 is 11.6 Å². The molecule has 104 valence electrons. The Hall–Kier alpha value is -1.10. The van der Waals surface area contributed by atoms with Gasteiger partial charge in [0.2, 0.25) is 5.91 Å². The molecular formula is C14H19ClN2O2. The number of amides is 1. The van der Waals surface area contributed by atoms with E-state index in [0.717, 1.165) is 12.0 Å². The molecule has 1 saturated heterocycles. The Labute approximate surface area is 118 Å². The van der Waals surface area contributed by atoms with Crippen molar-refractivity contribution in [3.8, 4) is 0 Å². The lowest BCUT2D eigenvalue weighted by Gasteiger charge is -2.40. The maximum absolute atomic E-state index is 11.9. The van der Waals surface area contributed by atoms with E-state index in [1.165, 1.54) is 0 Å². The van der Waals surface area contributed by atoms with E-state index in [2.05, 4.69) is 0 Å². The normalized spacial score (nSPS) is 23.7. The van der Waals surface area contributed by atoms with Crippen LogP contribution in [0.4, 0.5) is 0 Å². The molecule has 5 heteroatoms.